The molecule has 0 saturated carbocycles. The van der Waals surface area contributed by atoms with E-state index >= 15 is 0 Å². The minimum absolute atomic E-state index is 0.0147. The number of carbonyl (C=O) groups is 1. The average Bonchev–Trinajstić information content (AvgIpc) is 2.85. The first-order chi connectivity index (χ1) is 17.5. The number of carbonyl (C=O) groups excluding carboxylic acids is 1. The molecule has 0 unspecified atom stereocenters. The van der Waals surface area contributed by atoms with Crippen LogP contribution in [-0.2, 0) is 34.2 Å². The maximum Gasteiger partial charge on any atom is 0.284 e. The Morgan fingerprint density at radius 1 is 1.22 bits per heavy atom. The summed E-state index contributed by atoms with van der Waals surface area (Å²) in [6.45, 7) is 0.707. The molecule has 8 nitrogen and oxygen atoms in total. The van der Waals surface area contributed by atoms with Crippen molar-refractivity contribution >= 4 is 57.0 Å². The summed E-state index contributed by atoms with van der Waals surface area (Å²) < 4.78 is 43.8. The lowest BCUT2D eigenvalue weighted by Crippen LogP contribution is -2.32. The molecule has 37 heavy (non-hydrogen) atoms. The lowest BCUT2D eigenvalue weighted by atomic mass is 9.98. The zero-order valence-corrected chi connectivity index (χ0v) is 22.4. The van der Waals surface area contributed by atoms with Crippen LogP contribution in [0.25, 0.3) is 0 Å². The first kappa shape index (κ1) is 26.8. The van der Waals surface area contributed by atoms with E-state index in [0.29, 0.717) is 46.2 Å². The van der Waals surface area contributed by atoms with E-state index in [2.05, 4.69) is 14.7 Å². The molecule has 194 valence electrons. The van der Waals surface area contributed by atoms with Gasteiger partial charge in [0, 0.05) is 44.0 Å². The fraction of sp³-hybridized carbons (Fsp3) is 0.240. The molecule has 3 aromatic rings. The third-order valence-corrected chi connectivity index (χ3v) is 7.65. The highest BCUT2D eigenvalue weighted by Crippen LogP contribution is 2.33. The van der Waals surface area contributed by atoms with Crippen molar-refractivity contribution in [1.82, 2.24) is 9.88 Å². The van der Waals surface area contributed by atoms with E-state index in [0.717, 1.165) is 6.20 Å². The predicted octanol–water partition coefficient (Wildman–Crippen LogP) is 4.55. The normalized spacial score (nSPS) is 13.5. The van der Waals surface area contributed by atoms with Crippen LogP contribution in [0.1, 0.15) is 16.7 Å². The van der Waals surface area contributed by atoms with E-state index in [1.807, 2.05) is 4.90 Å². The van der Waals surface area contributed by atoms with Gasteiger partial charge in [0.15, 0.2) is 5.82 Å². The molecule has 1 aliphatic rings. The maximum absolute atomic E-state index is 13.6. The number of fused-ring (bicyclic) bond motifs is 1. The van der Waals surface area contributed by atoms with Crippen LogP contribution in [0.4, 0.5) is 15.9 Å². The number of hydrogen-bond donors (Lipinski definition) is 1. The van der Waals surface area contributed by atoms with Crippen molar-refractivity contribution < 1.29 is 17.6 Å². The molecular weight excluding hydrogens is 540 g/mol. The quantitative estimate of drug-likeness (QED) is 0.334. The molecule has 0 atom stereocenters. The molecule has 1 aromatic heterocycles. The zero-order valence-electron chi connectivity index (χ0n) is 20.1. The number of anilines is 2. The first-order valence-corrected chi connectivity index (χ1v) is 13.4. The summed E-state index contributed by atoms with van der Waals surface area (Å²) in [4.78, 5) is 20.3. The summed E-state index contributed by atoms with van der Waals surface area (Å²) in [6.07, 6.45) is 2.64. The molecule has 2 aromatic carbocycles. The van der Waals surface area contributed by atoms with Gasteiger partial charge in [-0.1, -0.05) is 41.4 Å². The highest BCUT2D eigenvalue weighted by atomic mass is 35.5. The van der Waals surface area contributed by atoms with Crippen molar-refractivity contribution in [1.29, 1.82) is 0 Å². The smallest absolute Gasteiger partial charge is 0.284 e. The van der Waals surface area contributed by atoms with E-state index in [9.17, 15) is 17.6 Å². The van der Waals surface area contributed by atoms with Gasteiger partial charge in [0.25, 0.3) is 10.0 Å². The van der Waals surface area contributed by atoms with E-state index in [1.54, 1.807) is 44.4 Å². The van der Waals surface area contributed by atoms with Crippen molar-refractivity contribution in [3.63, 3.8) is 0 Å². The largest absolute Gasteiger partial charge is 0.368 e. The van der Waals surface area contributed by atoms with E-state index in [-0.39, 0.29) is 28.8 Å². The number of halogens is 3. The Hall–Kier alpha value is -3.21. The first-order valence-electron chi connectivity index (χ1n) is 11.3. The van der Waals surface area contributed by atoms with Crippen LogP contribution in [0.15, 0.2) is 58.0 Å². The van der Waals surface area contributed by atoms with Gasteiger partial charge in [-0.05, 0) is 41.3 Å². The van der Waals surface area contributed by atoms with Gasteiger partial charge in [0.05, 0.1) is 22.5 Å². The third kappa shape index (κ3) is 6.38. The number of hydrogen-bond acceptors (Lipinski definition) is 5. The number of amides is 1. The topological polar surface area (TPSA) is 95.0 Å². The highest BCUT2D eigenvalue weighted by Gasteiger charge is 2.27. The summed E-state index contributed by atoms with van der Waals surface area (Å²) in [7, 11) is -0.734. The summed E-state index contributed by atoms with van der Waals surface area (Å²) in [6, 6.07) is 11.6. The summed E-state index contributed by atoms with van der Waals surface area (Å²) in [5, 5.41) is 3.19. The summed E-state index contributed by atoms with van der Waals surface area (Å²) in [5.41, 5.74) is 2.22. The highest BCUT2D eigenvalue weighted by molar-refractivity contribution is 7.90. The molecule has 0 fully saturated rings. The number of nitrogens with one attached hydrogen (secondary N) is 1. The van der Waals surface area contributed by atoms with Crippen molar-refractivity contribution in [2.24, 2.45) is 4.40 Å². The van der Waals surface area contributed by atoms with E-state index in [4.69, 9.17) is 23.2 Å². The monoisotopic (exact) mass is 563 g/mol. The lowest BCUT2D eigenvalue weighted by molar-refractivity contribution is -0.115. The molecule has 0 bridgehead atoms. The van der Waals surface area contributed by atoms with Gasteiger partial charge in [-0.3, -0.25) is 4.79 Å². The number of sulfonamides is 1. The lowest BCUT2D eigenvalue weighted by Gasteiger charge is -2.31. The SMILES string of the molecule is CN(C)C=NS(=O)(=O)c1cc(NC(=O)Cc2ccccc2Cl)cc2c1CCN(c1cc(Cl)c(F)cn1)C2. The zero-order chi connectivity index (χ0) is 26.7. The van der Waals surface area contributed by atoms with Gasteiger partial charge in [-0.15, -0.1) is 4.40 Å². The Morgan fingerprint density at radius 3 is 2.68 bits per heavy atom. The Balaban J connectivity index is 1.70. The Morgan fingerprint density at radius 2 is 1.97 bits per heavy atom. The Kier molecular flexibility index (Phi) is 8.01. The van der Waals surface area contributed by atoms with Gasteiger partial charge in [0.2, 0.25) is 5.91 Å². The van der Waals surface area contributed by atoms with Crippen LogP contribution in [0.2, 0.25) is 10.0 Å². The van der Waals surface area contributed by atoms with Crippen LogP contribution in [-0.4, -0.2) is 51.2 Å². The van der Waals surface area contributed by atoms with Crippen LogP contribution >= 0.6 is 23.2 Å². The summed E-state index contributed by atoms with van der Waals surface area (Å²) in [5.74, 6) is -0.522. The van der Waals surface area contributed by atoms with Crippen LogP contribution < -0.4 is 10.2 Å². The minimum atomic E-state index is -4.06. The number of rotatable bonds is 7. The minimum Gasteiger partial charge on any atom is -0.368 e. The Bertz CT molecular complexity index is 1480. The second kappa shape index (κ2) is 11.0. The van der Waals surface area contributed by atoms with Crippen molar-refractivity contribution in [2.75, 3.05) is 30.9 Å². The Labute approximate surface area is 224 Å². The molecule has 4 rings (SSSR count). The fourth-order valence-electron chi connectivity index (χ4n) is 3.97. The molecule has 2 heterocycles. The van der Waals surface area contributed by atoms with E-state index in [1.165, 1.54) is 23.4 Å². The van der Waals surface area contributed by atoms with Crippen LogP contribution in [0, 0.1) is 5.82 Å². The van der Waals surface area contributed by atoms with Gasteiger partial charge in [-0.2, -0.15) is 8.42 Å². The number of aromatic nitrogens is 1. The van der Waals surface area contributed by atoms with Crippen LogP contribution in [0.3, 0.4) is 0 Å². The van der Waals surface area contributed by atoms with Crippen molar-refractivity contribution in [3.8, 4) is 0 Å². The number of benzene rings is 2. The standard InChI is InChI=1S/C25H24Cl2FN5O3S/c1-32(2)15-30-37(35,36)23-11-18(31-25(34)10-16-5-3-4-6-20(16)26)9-17-14-33(8-7-19(17)23)24-12-21(27)22(28)13-29-24/h3-6,9,11-13,15H,7-8,10,14H2,1-2H3,(H,31,34). The summed E-state index contributed by atoms with van der Waals surface area (Å²) >= 11 is 12.1. The average molecular weight is 564 g/mol. The van der Waals surface area contributed by atoms with Gasteiger partial charge >= 0.3 is 0 Å². The number of nitrogens with zero attached hydrogens (tertiary/aromatic N) is 4. The van der Waals surface area contributed by atoms with Crippen molar-refractivity contribution in [2.45, 2.75) is 24.3 Å². The van der Waals surface area contributed by atoms with Gasteiger partial charge in [0.1, 0.15) is 12.2 Å². The molecular formula is C25H24Cl2FN5O3S. The molecule has 12 heteroatoms. The second-order valence-electron chi connectivity index (χ2n) is 8.72. The van der Waals surface area contributed by atoms with E-state index < -0.39 is 15.8 Å². The molecule has 0 aliphatic carbocycles. The van der Waals surface area contributed by atoms with Crippen molar-refractivity contribution in [3.05, 3.63) is 81.2 Å². The molecule has 0 spiro atoms. The molecule has 1 aliphatic heterocycles. The predicted molar refractivity (Wildman–Crippen MR) is 144 cm³/mol. The van der Waals surface area contributed by atoms with Gasteiger partial charge < -0.3 is 15.1 Å². The third-order valence-electron chi connectivity index (χ3n) is 5.70. The van der Waals surface area contributed by atoms with Gasteiger partial charge in [-0.25, -0.2) is 9.37 Å². The molecule has 1 N–H and O–H groups in total. The molecule has 0 saturated heterocycles. The van der Waals surface area contributed by atoms with Crippen LogP contribution in [0.5, 0.6) is 0 Å². The fourth-order valence-corrected chi connectivity index (χ4v) is 5.56. The molecule has 1 amide bonds. The number of pyridine rings is 1. The molecule has 0 radical (unpaired) electrons. The second-order valence-corrected chi connectivity index (χ2v) is 11.1. The maximum atomic E-state index is 13.6.